The zero-order chi connectivity index (χ0) is 13.6. The lowest BCUT2D eigenvalue weighted by molar-refractivity contribution is -0.121. The van der Waals surface area contributed by atoms with Gasteiger partial charge in [-0.3, -0.25) is 4.79 Å². The lowest BCUT2D eigenvalue weighted by Gasteiger charge is -2.22. The molecule has 1 atom stereocenters. The van der Waals surface area contributed by atoms with E-state index in [1.807, 2.05) is 39.0 Å². The molecule has 0 spiro atoms. The topological polar surface area (TPSA) is 41.1 Å². The Morgan fingerprint density at radius 2 is 1.83 bits per heavy atom. The molecule has 1 aromatic carbocycles. The van der Waals surface area contributed by atoms with E-state index in [4.69, 9.17) is 0 Å². The summed E-state index contributed by atoms with van der Waals surface area (Å²) in [7, 11) is 0. The van der Waals surface area contributed by atoms with Gasteiger partial charge in [0.2, 0.25) is 5.91 Å². The molecule has 1 unspecified atom stereocenters. The standard InChI is InChI=1S/C15H24N2O/c1-5-13(12-9-7-6-8-10-12)16-11-14(18)17-15(2,3)4/h6-10,13,16H,5,11H2,1-4H3,(H,17,18). The molecule has 0 aromatic heterocycles. The van der Waals surface area contributed by atoms with Gasteiger partial charge in [-0.2, -0.15) is 0 Å². The molecule has 1 amide bonds. The van der Waals surface area contributed by atoms with Crippen LogP contribution in [-0.4, -0.2) is 18.0 Å². The summed E-state index contributed by atoms with van der Waals surface area (Å²) in [5, 5.41) is 6.24. The van der Waals surface area contributed by atoms with Crippen molar-refractivity contribution in [2.45, 2.75) is 45.7 Å². The first-order chi connectivity index (χ1) is 8.42. The van der Waals surface area contributed by atoms with E-state index in [0.29, 0.717) is 6.54 Å². The van der Waals surface area contributed by atoms with Crippen LogP contribution in [0.5, 0.6) is 0 Å². The number of hydrogen-bond acceptors (Lipinski definition) is 2. The van der Waals surface area contributed by atoms with Crippen molar-refractivity contribution in [3.05, 3.63) is 35.9 Å². The summed E-state index contributed by atoms with van der Waals surface area (Å²) >= 11 is 0. The van der Waals surface area contributed by atoms with Crippen molar-refractivity contribution < 1.29 is 4.79 Å². The maximum absolute atomic E-state index is 11.7. The second kappa shape index (κ2) is 6.55. The lowest BCUT2D eigenvalue weighted by atomic mass is 10.0. The van der Waals surface area contributed by atoms with Crippen molar-refractivity contribution in [1.82, 2.24) is 10.6 Å². The molecule has 0 saturated heterocycles. The Balaban J connectivity index is 2.48. The van der Waals surface area contributed by atoms with Crippen LogP contribution in [0.1, 0.15) is 45.7 Å². The van der Waals surface area contributed by atoms with Gasteiger partial charge in [0.1, 0.15) is 0 Å². The third-order valence-electron chi connectivity index (χ3n) is 2.63. The Labute approximate surface area is 110 Å². The Hall–Kier alpha value is -1.35. The summed E-state index contributed by atoms with van der Waals surface area (Å²) < 4.78 is 0. The number of benzene rings is 1. The van der Waals surface area contributed by atoms with Crippen molar-refractivity contribution in [2.24, 2.45) is 0 Å². The fourth-order valence-corrected chi connectivity index (χ4v) is 1.86. The summed E-state index contributed by atoms with van der Waals surface area (Å²) in [4.78, 5) is 11.7. The first kappa shape index (κ1) is 14.7. The van der Waals surface area contributed by atoms with Crippen molar-refractivity contribution in [1.29, 1.82) is 0 Å². The zero-order valence-electron chi connectivity index (χ0n) is 11.8. The molecular formula is C15H24N2O. The third kappa shape index (κ3) is 5.32. The van der Waals surface area contributed by atoms with E-state index < -0.39 is 0 Å². The normalized spacial score (nSPS) is 13.1. The van der Waals surface area contributed by atoms with Crippen LogP contribution in [0.2, 0.25) is 0 Å². The summed E-state index contributed by atoms with van der Waals surface area (Å²) in [6, 6.07) is 10.5. The number of nitrogens with one attached hydrogen (secondary N) is 2. The van der Waals surface area contributed by atoms with E-state index in [0.717, 1.165) is 6.42 Å². The number of carbonyl (C=O) groups is 1. The number of hydrogen-bond donors (Lipinski definition) is 2. The predicted octanol–water partition coefficient (Wildman–Crippen LogP) is 2.64. The molecule has 2 N–H and O–H groups in total. The van der Waals surface area contributed by atoms with Crippen LogP contribution in [0, 0.1) is 0 Å². The molecule has 3 nitrogen and oxygen atoms in total. The van der Waals surface area contributed by atoms with Gasteiger partial charge in [0, 0.05) is 11.6 Å². The molecule has 0 aliphatic heterocycles. The average molecular weight is 248 g/mol. The second-order valence-corrected chi connectivity index (χ2v) is 5.55. The molecule has 0 radical (unpaired) electrons. The minimum atomic E-state index is -0.173. The molecule has 0 heterocycles. The number of amides is 1. The van der Waals surface area contributed by atoms with Gasteiger partial charge < -0.3 is 10.6 Å². The van der Waals surface area contributed by atoms with E-state index in [2.05, 4.69) is 29.7 Å². The largest absolute Gasteiger partial charge is 0.350 e. The van der Waals surface area contributed by atoms with E-state index in [1.165, 1.54) is 5.56 Å². The fourth-order valence-electron chi connectivity index (χ4n) is 1.86. The molecule has 0 aliphatic carbocycles. The lowest BCUT2D eigenvalue weighted by Crippen LogP contribution is -2.45. The monoisotopic (exact) mass is 248 g/mol. The molecule has 0 saturated carbocycles. The van der Waals surface area contributed by atoms with E-state index in [9.17, 15) is 4.79 Å². The van der Waals surface area contributed by atoms with Crippen LogP contribution >= 0.6 is 0 Å². The molecule has 1 rings (SSSR count). The van der Waals surface area contributed by atoms with Crippen molar-refractivity contribution in [2.75, 3.05) is 6.54 Å². The van der Waals surface area contributed by atoms with Gasteiger partial charge >= 0.3 is 0 Å². The first-order valence-corrected chi connectivity index (χ1v) is 6.51. The van der Waals surface area contributed by atoms with Gasteiger partial charge in [-0.25, -0.2) is 0 Å². The van der Waals surface area contributed by atoms with E-state index in [1.54, 1.807) is 0 Å². The van der Waals surface area contributed by atoms with Crippen LogP contribution in [0.3, 0.4) is 0 Å². The van der Waals surface area contributed by atoms with Crippen molar-refractivity contribution >= 4 is 5.91 Å². The van der Waals surface area contributed by atoms with E-state index >= 15 is 0 Å². The van der Waals surface area contributed by atoms with Crippen molar-refractivity contribution in [3.8, 4) is 0 Å². The molecule has 1 aromatic rings. The number of carbonyl (C=O) groups excluding carboxylic acids is 1. The highest BCUT2D eigenvalue weighted by atomic mass is 16.2. The highest BCUT2D eigenvalue weighted by molar-refractivity contribution is 5.78. The molecular weight excluding hydrogens is 224 g/mol. The molecule has 0 bridgehead atoms. The average Bonchev–Trinajstić information content (AvgIpc) is 2.29. The summed E-state index contributed by atoms with van der Waals surface area (Å²) in [6.45, 7) is 8.43. The molecule has 0 aliphatic rings. The van der Waals surface area contributed by atoms with Gasteiger partial charge in [0.15, 0.2) is 0 Å². The van der Waals surface area contributed by atoms with Crippen LogP contribution in [0.4, 0.5) is 0 Å². The summed E-state index contributed by atoms with van der Waals surface area (Å²) in [6.07, 6.45) is 0.965. The Bertz CT molecular complexity index is 368. The predicted molar refractivity (Wildman–Crippen MR) is 75.4 cm³/mol. The molecule has 0 fully saturated rings. The minimum absolute atomic E-state index is 0.0388. The highest BCUT2D eigenvalue weighted by Gasteiger charge is 2.15. The smallest absolute Gasteiger partial charge is 0.234 e. The summed E-state index contributed by atoms with van der Waals surface area (Å²) in [5.41, 5.74) is 1.05. The molecule has 100 valence electrons. The van der Waals surface area contributed by atoms with Crippen LogP contribution in [-0.2, 0) is 4.79 Å². The SMILES string of the molecule is CCC(NCC(=O)NC(C)(C)C)c1ccccc1. The van der Waals surface area contributed by atoms with E-state index in [-0.39, 0.29) is 17.5 Å². The zero-order valence-corrected chi connectivity index (χ0v) is 11.8. The fraction of sp³-hybridized carbons (Fsp3) is 0.533. The van der Waals surface area contributed by atoms with Gasteiger partial charge in [-0.1, -0.05) is 37.3 Å². The van der Waals surface area contributed by atoms with Crippen LogP contribution < -0.4 is 10.6 Å². The molecule has 3 heteroatoms. The quantitative estimate of drug-likeness (QED) is 0.841. The Morgan fingerprint density at radius 1 is 1.22 bits per heavy atom. The van der Waals surface area contributed by atoms with Gasteiger partial charge in [0.25, 0.3) is 0 Å². The van der Waals surface area contributed by atoms with Crippen LogP contribution in [0.25, 0.3) is 0 Å². The molecule has 18 heavy (non-hydrogen) atoms. The minimum Gasteiger partial charge on any atom is -0.350 e. The van der Waals surface area contributed by atoms with Gasteiger partial charge in [0.05, 0.1) is 6.54 Å². The first-order valence-electron chi connectivity index (χ1n) is 6.51. The maximum Gasteiger partial charge on any atom is 0.234 e. The Kier molecular flexibility index (Phi) is 5.35. The number of rotatable bonds is 5. The van der Waals surface area contributed by atoms with Crippen LogP contribution in [0.15, 0.2) is 30.3 Å². The van der Waals surface area contributed by atoms with Crippen molar-refractivity contribution in [3.63, 3.8) is 0 Å². The Morgan fingerprint density at radius 3 is 2.33 bits per heavy atom. The maximum atomic E-state index is 11.7. The second-order valence-electron chi connectivity index (χ2n) is 5.55. The highest BCUT2D eigenvalue weighted by Crippen LogP contribution is 2.15. The third-order valence-corrected chi connectivity index (χ3v) is 2.63. The summed E-state index contributed by atoms with van der Waals surface area (Å²) in [5.74, 6) is 0.0388. The van der Waals surface area contributed by atoms with Gasteiger partial charge in [-0.05, 0) is 32.8 Å². The van der Waals surface area contributed by atoms with Gasteiger partial charge in [-0.15, -0.1) is 0 Å².